The number of hydrogen-bond acceptors (Lipinski definition) is 18. The van der Waals surface area contributed by atoms with E-state index in [4.69, 9.17) is 18.9 Å². The zero-order valence-corrected chi connectivity index (χ0v) is 27.9. The van der Waals surface area contributed by atoms with Gasteiger partial charge in [0.25, 0.3) is 0 Å². The molecule has 12 atom stereocenters. The topological polar surface area (TPSA) is 315 Å². The molecular weight excluding hydrogens is 688 g/mol. The van der Waals surface area contributed by atoms with Crippen LogP contribution in [0.4, 0.5) is 0 Å². The van der Waals surface area contributed by atoms with Crippen LogP contribution in [0, 0.1) is 0 Å². The van der Waals surface area contributed by atoms with E-state index in [-0.39, 0.29) is 37.8 Å². The minimum Gasteiger partial charge on any atom is -0.394 e. The summed E-state index contributed by atoms with van der Waals surface area (Å²) in [5.41, 5.74) is 0. The van der Waals surface area contributed by atoms with E-state index in [0.29, 0.717) is 0 Å². The van der Waals surface area contributed by atoms with Crippen LogP contribution in [0.3, 0.4) is 0 Å². The molecule has 0 aromatic rings. The minimum absolute atomic E-state index is 0.0605. The van der Waals surface area contributed by atoms with Crippen molar-refractivity contribution in [1.29, 1.82) is 0 Å². The smallest absolute Gasteiger partial charge is 0.243 e. The third-order valence-corrected chi connectivity index (χ3v) is 9.43. The molecule has 0 aliphatic carbocycles. The van der Waals surface area contributed by atoms with Crippen molar-refractivity contribution in [2.45, 2.75) is 87.3 Å². The molecule has 278 valence electrons. The molecule has 2 saturated heterocycles. The molecule has 4 amide bonds. The van der Waals surface area contributed by atoms with Crippen LogP contribution in [-0.2, 0) is 38.1 Å². The molecule has 22 heteroatoms. The highest BCUT2D eigenvalue weighted by Crippen LogP contribution is 2.24. The van der Waals surface area contributed by atoms with Crippen LogP contribution in [0.15, 0.2) is 0 Å². The number of ether oxygens (including phenoxy) is 4. The molecule has 0 aromatic carbocycles. The molecular formula is C26H46N4O16S2. The Kier molecular flexibility index (Phi) is 18.8. The Morgan fingerprint density at radius 3 is 1.29 bits per heavy atom. The van der Waals surface area contributed by atoms with Crippen molar-refractivity contribution < 1.29 is 79.0 Å². The van der Waals surface area contributed by atoms with Gasteiger partial charge >= 0.3 is 0 Å². The van der Waals surface area contributed by atoms with Gasteiger partial charge in [0.1, 0.15) is 60.9 Å². The SMILES string of the molecule is CC(=O)N[C@@H](CSSC[C@H](NC(C)=O)C(=O)NCCO[C@H]1O[C@H](CO)[C@@H](O)[C@H](O)[C@@H]1O)C(=O)NCCO[C@H]1O[C@H](CO)[C@@H](O)[C@H](O)[C@@H]1O. The van der Waals surface area contributed by atoms with E-state index >= 15 is 0 Å². The molecule has 2 aliphatic rings. The van der Waals surface area contributed by atoms with E-state index in [0.717, 1.165) is 21.6 Å². The molecule has 0 spiro atoms. The molecule has 2 rings (SSSR count). The van der Waals surface area contributed by atoms with Crippen LogP contribution >= 0.6 is 21.6 Å². The fourth-order valence-electron chi connectivity index (χ4n) is 4.44. The molecule has 48 heavy (non-hydrogen) atoms. The van der Waals surface area contributed by atoms with E-state index in [1.54, 1.807) is 0 Å². The maximum absolute atomic E-state index is 12.7. The normalized spacial score (nSPS) is 31.7. The first-order chi connectivity index (χ1) is 22.7. The van der Waals surface area contributed by atoms with Gasteiger partial charge in [-0.1, -0.05) is 21.6 Å². The largest absolute Gasteiger partial charge is 0.394 e. The van der Waals surface area contributed by atoms with E-state index in [9.17, 15) is 60.0 Å². The second-order valence-corrected chi connectivity index (χ2v) is 13.3. The van der Waals surface area contributed by atoms with Gasteiger partial charge in [0.15, 0.2) is 12.6 Å². The second-order valence-electron chi connectivity index (χ2n) is 10.8. The lowest BCUT2D eigenvalue weighted by molar-refractivity contribution is -0.300. The number of carbonyl (C=O) groups is 4. The molecule has 2 aliphatic heterocycles. The molecule has 2 heterocycles. The Morgan fingerprint density at radius 1 is 0.625 bits per heavy atom. The van der Waals surface area contributed by atoms with Gasteiger partial charge in [0.2, 0.25) is 23.6 Å². The highest BCUT2D eigenvalue weighted by atomic mass is 33.1. The van der Waals surface area contributed by atoms with Crippen LogP contribution in [0.1, 0.15) is 13.8 Å². The molecule has 0 aromatic heterocycles. The Balaban J connectivity index is 1.77. The lowest BCUT2D eigenvalue weighted by atomic mass is 9.99. The van der Waals surface area contributed by atoms with Gasteiger partial charge < -0.3 is 81.1 Å². The number of aliphatic hydroxyl groups is 8. The van der Waals surface area contributed by atoms with Crippen LogP contribution in [0.2, 0.25) is 0 Å². The summed E-state index contributed by atoms with van der Waals surface area (Å²) in [6.45, 7) is 0.621. The number of rotatable bonds is 19. The summed E-state index contributed by atoms with van der Waals surface area (Å²) in [5.74, 6) is -2.01. The van der Waals surface area contributed by atoms with Crippen molar-refractivity contribution in [3.05, 3.63) is 0 Å². The van der Waals surface area contributed by atoms with E-state index in [2.05, 4.69) is 21.3 Å². The molecule has 0 bridgehead atoms. The number of carbonyl (C=O) groups excluding carboxylic acids is 4. The molecule has 0 saturated carbocycles. The van der Waals surface area contributed by atoms with Crippen molar-refractivity contribution in [2.75, 3.05) is 51.0 Å². The van der Waals surface area contributed by atoms with Crippen molar-refractivity contribution in [3.8, 4) is 0 Å². The van der Waals surface area contributed by atoms with Gasteiger partial charge in [-0.05, 0) is 0 Å². The maximum Gasteiger partial charge on any atom is 0.243 e. The summed E-state index contributed by atoms with van der Waals surface area (Å²) < 4.78 is 21.1. The third kappa shape index (κ3) is 13.1. The number of amides is 4. The Bertz CT molecular complexity index is 954. The standard InChI is InChI=1S/C26H46N4O16S2/c1-11(33)29-13(23(41)27-3-5-43-25-21(39)19(37)17(35)15(7-31)45-25)9-47-48-10-14(30-12(2)34)24(42)28-4-6-44-26-22(40)20(38)18(36)16(8-32)46-26/h13-22,25-26,31-32,35-40H,3-10H2,1-2H3,(H,27,41)(H,28,42)(H,29,33)(H,30,34)/t13-,14-,15+,16+,17+,18+,19-,20-,21-,22-,25-,26-/m0/s1. The molecule has 0 unspecified atom stereocenters. The molecule has 0 radical (unpaired) electrons. The average molecular weight is 735 g/mol. The zero-order valence-electron chi connectivity index (χ0n) is 26.2. The van der Waals surface area contributed by atoms with Crippen molar-refractivity contribution in [3.63, 3.8) is 0 Å². The number of nitrogens with one attached hydrogen (secondary N) is 4. The minimum atomic E-state index is -1.62. The lowest BCUT2D eigenvalue weighted by Crippen LogP contribution is -2.59. The summed E-state index contributed by atoms with van der Waals surface area (Å²) in [7, 11) is 2.27. The van der Waals surface area contributed by atoms with Gasteiger partial charge in [-0.25, -0.2) is 0 Å². The van der Waals surface area contributed by atoms with Gasteiger partial charge in [-0.3, -0.25) is 19.2 Å². The highest BCUT2D eigenvalue weighted by Gasteiger charge is 2.45. The summed E-state index contributed by atoms with van der Waals surface area (Å²) in [6, 6.07) is -2.00. The molecule has 20 nitrogen and oxygen atoms in total. The highest BCUT2D eigenvalue weighted by molar-refractivity contribution is 8.76. The van der Waals surface area contributed by atoms with Crippen LogP contribution < -0.4 is 21.3 Å². The fourth-order valence-corrected chi connectivity index (χ4v) is 6.77. The summed E-state index contributed by atoms with van der Waals surface area (Å²) >= 11 is 0. The van der Waals surface area contributed by atoms with Crippen molar-refractivity contribution in [1.82, 2.24) is 21.3 Å². The predicted octanol–water partition coefficient (Wildman–Crippen LogP) is -6.76. The Labute approximate surface area is 283 Å². The van der Waals surface area contributed by atoms with Crippen molar-refractivity contribution in [2.24, 2.45) is 0 Å². The Hall–Kier alpha value is -1.90. The second kappa shape index (κ2) is 21.3. The zero-order chi connectivity index (χ0) is 36.0. The summed E-state index contributed by atoms with van der Waals surface area (Å²) in [5, 5.41) is 88.1. The van der Waals surface area contributed by atoms with Crippen LogP contribution in [-0.4, -0.2) is 189 Å². The van der Waals surface area contributed by atoms with Crippen LogP contribution in [0.25, 0.3) is 0 Å². The first kappa shape index (κ1) is 42.3. The fraction of sp³-hybridized carbons (Fsp3) is 0.846. The van der Waals surface area contributed by atoms with E-state index in [1.165, 1.54) is 13.8 Å². The monoisotopic (exact) mass is 734 g/mol. The first-order valence-electron chi connectivity index (χ1n) is 14.9. The van der Waals surface area contributed by atoms with Gasteiger partial charge in [-0.15, -0.1) is 0 Å². The van der Waals surface area contributed by atoms with Crippen molar-refractivity contribution >= 4 is 45.2 Å². The van der Waals surface area contributed by atoms with Gasteiger partial charge in [-0.2, -0.15) is 0 Å². The Morgan fingerprint density at radius 2 is 0.979 bits per heavy atom. The number of hydrogen-bond donors (Lipinski definition) is 12. The molecule has 2 fully saturated rings. The van der Waals surface area contributed by atoms with Gasteiger partial charge in [0.05, 0.1) is 26.4 Å². The number of aliphatic hydroxyl groups excluding tert-OH is 8. The average Bonchev–Trinajstić information content (AvgIpc) is 3.04. The van der Waals surface area contributed by atoms with Crippen LogP contribution in [0.5, 0.6) is 0 Å². The third-order valence-electron chi connectivity index (χ3n) is 7.00. The summed E-state index contributed by atoms with van der Waals surface area (Å²) in [6.07, 6.45) is -14.6. The molecule has 12 N–H and O–H groups in total. The maximum atomic E-state index is 12.7. The quantitative estimate of drug-likeness (QED) is 0.0433. The first-order valence-corrected chi connectivity index (χ1v) is 17.4. The van der Waals surface area contributed by atoms with Gasteiger partial charge in [0, 0.05) is 38.4 Å². The van der Waals surface area contributed by atoms with E-state index < -0.39 is 110 Å². The lowest BCUT2D eigenvalue weighted by Gasteiger charge is -2.39. The summed E-state index contributed by atoms with van der Waals surface area (Å²) in [4.78, 5) is 48.9. The van der Waals surface area contributed by atoms with E-state index in [1.807, 2.05) is 0 Å². The predicted molar refractivity (Wildman–Crippen MR) is 166 cm³/mol.